The van der Waals surface area contributed by atoms with Crippen LogP contribution in [0.3, 0.4) is 0 Å². The average Bonchev–Trinajstić information content (AvgIpc) is 3.28. The lowest BCUT2D eigenvalue weighted by Gasteiger charge is -2.32. The van der Waals surface area contributed by atoms with Gasteiger partial charge in [-0.2, -0.15) is 5.10 Å². The maximum Gasteiger partial charge on any atom is 0.225 e. The number of carbonyl (C=O) groups excluding carboxylic acids is 2. The van der Waals surface area contributed by atoms with Crippen molar-refractivity contribution in [3.63, 3.8) is 0 Å². The van der Waals surface area contributed by atoms with Crippen LogP contribution in [0.5, 0.6) is 0 Å². The van der Waals surface area contributed by atoms with Crippen LogP contribution in [-0.2, 0) is 16.1 Å². The fraction of sp³-hybridized carbons (Fsp3) is 0.750. The molecule has 7 heteroatoms. The smallest absolute Gasteiger partial charge is 0.225 e. The van der Waals surface area contributed by atoms with E-state index in [9.17, 15) is 9.59 Å². The van der Waals surface area contributed by atoms with Gasteiger partial charge in [-0.1, -0.05) is 0 Å². The molecule has 2 heterocycles. The van der Waals surface area contributed by atoms with Crippen LogP contribution in [0.2, 0.25) is 0 Å². The Kier molecular flexibility index (Phi) is 4.93. The van der Waals surface area contributed by atoms with Gasteiger partial charge in [0.15, 0.2) is 0 Å². The molecule has 0 aromatic carbocycles. The molecule has 1 aliphatic heterocycles. The molecule has 3 rings (SSSR count). The lowest BCUT2D eigenvalue weighted by molar-refractivity contribution is -0.137. The molecule has 2 unspecified atom stereocenters. The van der Waals surface area contributed by atoms with Crippen LogP contribution in [0.25, 0.3) is 0 Å². The topological polar surface area (TPSA) is 80.1 Å². The Morgan fingerprint density at radius 1 is 1.30 bits per heavy atom. The Balaban J connectivity index is 1.44. The minimum atomic E-state index is -0.0692. The highest BCUT2D eigenvalue weighted by molar-refractivity contribution is 5.83. The van der Waals surface area contributed by atoms with Gasteiger partial charge in [-0.25, -0.2) is 4.98 Å². The van der Waals surface area contributed by atoms with Gasteiger partial charge in [0, 0.05) is 31.6 Å². The predicted octanol–water partition coefficient (Wildman–Crippen LogP) is 0.821. The summed E-state index contributed by atoms with van der Waals surface area (Å²) in [6.07, 6.45) is 7.83. The molecule has 1 aromatic rings. The van der Waals surface area contributed by atoms with Crippen molar-refractivity contribution in [1.82, 2.24) is 25.0 Å². The van der Waals surface area contributed by atoms with E-state index in [1.54, 1.807) is 11.0 Å². The van der Waals surface area contributed by atoms with E-state index < -0.39 is 0 Å². The largest absolute Gasteiger partial charge is 0.353 e. The van der Waals surface area contributed by atoms with E-state index in [0.29, 0.717) is 6.54 Å². The maximum atomic E-state index is 12.4. The Hall–Kier alpha value is -1.92. The van der Waals surface area contributed by atoms with Crippen LogP contribution in [-0.4, -0.2) is 50.6 Å². The monoisotopic (exact) mass is 319 g/mol. The van der Waals surface area contributed by atoms with E-state index in [4.69, 9.17) is 0 Å². The first-order valence-corrected chi connectivity index (χ1v) is 8.55. The summed E-state index contributed by atoms with van der Waals surface area (Å²) in [5, 5.41) is 7.14. The van der Waals surface area contributed by atoms with Gasteiger partial charge in [-0.3, -0.25) is 14.3 Å². The zero-order valence-electron chi connectivity index (χ0n) is 13.6. The van der Waals surface area contributed by atoms with Crippen LogP contribution >= 0.6 is 0 Å². The molecular weight excluding hydrogens is 294 g/mol. The summed E-state index contributed by atoms with van der Waals surface area (Å²) in [4.78, 5) is 30.4. The van der Waals surface area contributed by atoms with E-state index in [-0.39, 0.29) is 29.7 Å². The third-order valence-corrected chi connectivity index (χ3v) is 4.68. The first kappa shape index (κ1) is 16.0. The van der Waals surface area contributed by atoms with Gasteiger partial charge in [0.05, 0.1) is 5.92 Å². The molecule has 23 heavy (non-hydrogen) atoms. The lowest BCUT2D eigenvalue weighted by atomic mass is 9.96. The summed E-state index contributed by atoms with van der Waals surface area (Å²) in [7, 11) is 0. The van der Waals surface area contributed by atoms with Crippen LogP contribution in [0.1, 0.15) is 39.0 Å². The Labute approximate surface area is 136 Å². The van der Waals surface area contributed by atoms with Gasteiger partial charge in [0.1, 0.15) is 12.7 Å². The summed E-state index contributed by atoms with van der Waals surface area (Å²) in [6, 6.07) is 0.0845. The zero-order valence-corrected chi connectivity index (χ0v) is 13.6. The molecule has 1 aromatic heterocycles. The second-order valence-corrected chi connectivity index (χ2v) is 6.75. The van der Waals surface area contributed by atoms with Gasteiger partial charge in [-0.05, 0) is 39.0 Å². The number of hydrogen-bond acceptors (Lipinski definition) is 4. The fourth-order valence-electron chi connectivity index (χ4n) is 3.09. The summed E-state index contributed by atoms with van der Waals surface area (Å²) in [5.41, 5.74) is 0. The number of carbonyl (C=O) groups is 2. The fourth-order valence-corrected chi connectivity index (χ4v) is 3.09. The van der Waals surface area contributed by atoms with Crippen molar-refractivity contribution in [2.24, 2.45) is 11.8 Å². The van der Waals surface area contributed by atoms with Gasteiger partial charge < -0.3 is 10.2 Å². The second-order valence-electron chi connectivity index (χ2n) is 6.75. The molecule has 2 atom stereocenters. The average molecular weight is 319 g/mol. The van der Waals surface area contributed by atoms with Gasteiger partial charge in [0.2, 0.25) is 11.8 Å². The molecule has 2 fully saturated rings. The summed E-state index contributed by atoms with van der Waals surface area (Å²) in [5.74, 6) is 0.491. The Morgan fingerprint density at radius 3 is 2.83 bits per heavy atom. The van der Waals surface area contributed by atoms with Crippen LogP contribution in [0.15, 0.2) is 12.7 Å². The molecule has 7 nitrogen and oxygen atoms in total. The van der Waals surface area contributed by atoms with Crippen LogP contribution < -0.4 is 5.32 Å². The first-order chi connectivity index (χ1) is 11.1. The normalized spacial score (nSPS) is 22.7. The number of likely N-dealkylation sites (tertiary alicyclic amines) is 1. The van der Waals surface area contributed by atoms with Crippen molar-refractivity contribution in [3.05, 3.63) is 12.7 Å². The van der Waals surface area contributed by atoms with E-state index in [1.165, 1.54) is 6.33 Å². The van der Waals surface area contributed by atoms with E-state index in [0.717, 1.165) is 45.2 Å². The van der Waals surface area contributed by atoms with Crippen LogP contribution in [0, 0.1) is 11.8 Å². The van der Waals surface area contributed by atoms with E-state index in [1.807, 2.05) is 11.8 Å². The second kappa shape index (κ2) is 7.10. The SMILES string of the molecule is CC(CCn1cncn1)NC(=O)C1CCCN(C(=O)C2CC2)C1. The zero-order chi connectivity index (χ0) is 16.2. The number of piperidine rings is 1. The highest BCUT2D eigenvalue weighted by Gasteiger charge is 2.36. The Morgan fingerprint density at radius 2 is 2.13 bits per heavy atom. The van der Waals surface area contributed by atoms with Crippen molar-refractivity contribution in [1.29, 1.82) is 0 Å². The molecule has 0 radical (unpaired) electrons. The molecule has 2 aliphatic rings. The van der Waals surface area contributed by atoms with E-state index in [2.05, 4.69) is 15.4 Å². The minimum Gasteiger partial charge on any atom is -0.353 e. The van der Waals surface area contributed by atoms with Gasteiger partial charge in [-0.15, -0.1) is 0 Å². The number of aryl methyl sites for hydroxylation is 1. The highest BCUT2D eigenvalue weighted by atomic mass is 16.2. The van der Waals surface area contributed by atoms with Crippen molar-refractivity contribution in [2.45, 2.75) is 51.6 Å². The molecule has 1 N–H and O–H groups in total. The standard InChI is InChI=1S/C16H25N5O2/c1-12(6-8-21-11-17-10-18-21)19-15(22)14-3-2-7-20(9-14)16(23)13-4-5-13/h10-14H,2-9H2,1H3,(H,19,22). The van der Waals surface area contributed by atoms with Gasteiger partial charge >= 0.3 is 0 Å². The van der Waals surface area contributed by atoms with Crippen molar-refractivity contribution >= 4 is 11.8 Å². The number of hydrogen-bond donors (Lipinski definition) is 1. The highest BCUT2D eigenvalue weighted by Crippen LogP contribution is 2.32. The van der Waals surface area contributed by atoms with E-state index >= 15 is 0 Å². The third-order valence-electron chi connectivity index (χ3n) is 4.68. The number of nitrogens with zero attached hydrogens (tertiary/aromatic N) is 4. The number of nitrogens with one attached hydrogen (secondary N) is 1. The molecule has 126 valence electrons. The minimum absolute atomic E-state index is 0.0692. The third kappa shape index (κ3) is 4.30. The molecule has 0 spiro atoms. The summed E-state index contributed by atoms with van der Waals surface area (Å²) in [6.45, 7) is 4.13. The van der Waals surface area contributed by atoms with Crippen LogP contribution in [0.4, 0.5) is 0 Å². The number of aromatic nitrogens is 3. The maximum absolute atomic E-state index is 12.4. The summed E-state index contributed by atoms with van der Waals surface area (Å²) < 4.78 is 1.76. The van der Waals surface area contributed by atoms with Crippen molar-refractivity contribution in [2.75, 3.05) is 13.1 Å². The predicted molar refractivity (Wildman–Crippen MR) is 84.3 cm³/mol. The Bertz CT molecular complexity index is 541. The summed E-state index contributed by atoms with van der Waals surface area (Å²) >= 11 is 0. The lowest BCUT2D eigenvalue weighted by Crippen LogP contribution is -2.47. The first-order valence-electron chi connectivity index (χ1n) is 8.55. The molecule has 1 aliphatic carbocycles. The molecular formula is C16H25N5O2. The van der Waals surface area contributed by atoms with Crippen molar-refractivity contribution < 1.29 is 9.59 Å². The molecule has 1 saturated carbocycles. The molecule has 0 bridgehead atoms. The number of amides is 2. The van der Waals surface area contributed by atoms with Gasteiger partial charge in [0.25, 0.3) is 0 Å². The molecule has 2 amide bonds. The van der Waals surface area contributed by atoms with Crippen molar-refractivity contribution in [3.8, 4) is 0 Å². The quantitative estimate of drug-likeness (QED) is 0.842. The molecule has 1 saturated heterocycles. The number of rotatable bonds is 6.